The molecule has 8 nitrogen and oxygen atoms in total. The van der Waals surface area contributed by atoms with Crippen LogP contribution in [0.5, 0.6) is 0 Å². The number of benzene rings is 1. The van der Waals surface area contributed by atoms with Crippen LogP contribution in [0.2, 0.25) is 0 Å². The second-order valence-corrected chi connectivity index (χ2v) is 11.1. The molecule has 3 aliphatic rings. The van der Waals surface area contributed by atoms with Crippen molar-refractivity contribution < 1.29 is 14.6 Å². The van der Waals surface area contributed by atoms with E-state index in [1.165, 1.54) is 5.57 Å². The van der Waals surface area contributed by atoms with Crippen molar-refractivity contribution in [2.45, 2.75) is 63.5 Å². The quantitative estimate of drug-likeness (QED) is 0.249. The van der Waals surface area contributed by atoms with Crippen LogP contribution in [0.1, 0.15) is 78.5 Å². The molecule has 8 heteroatoms. The van der Waals surface area contributed by atoms with Crippen molar-refractivity contribution in [3.8, 4) is 11.8 Å². The molecule has 0 atom stereocenters. The number of ether oxygens (including phenoxy) is 1. The van der Waals surface area contributed by atoms with E-state index in [0.29, 0.717) is 42.8 Å². The summed E-state index contributed by atoms with van der Waals surface area (Å²) < 4.78 is 5.50. The van der Waals surface area contributed by atoms with E-state index < -0.39 is 0 Å². The van der Waals surface area contributed by atoms with Crippen LogP contribution in [0.25, 0.3) is 5.57 Å². The van der Waals surface area contributed by atoms with E-state index in [4.69, 9.17) is 9.72 Å². The predicted molar refractivity (Wildman–Crippen MR) is 159 cm³/mol. The Hall–Kier alpha value is -4.06. The zero-order chi connectivity index (χ0) is 28.0. The maximum absolute atomic E-state index is 12.4. The molecule has 1 aliphatic heterocycles. The first-order valence-corrected chi connectivity index (χ1v) is 14.6. The van der Waals surface area contributed by atoms with Crippen LogP contribution in [0.3, 0.4) is 0 Å². The van der Waals surface area contributed by atoms with Crippen molar-refractivity contribution >= 4 is 28.8 Å². The van der Waals surface area contributed by atoms with E-state index in [9.17, 15) is 9.90 Å². The highest BCUT2D eigenvalue weighted by atomic mass is 16.5. The number of aromatic nitrogens is 3. The van der Waals surface area contributed by atoms with Gasteiger partial charge in [0.2, 0.25) is 5.95 Å². The molecule has 1 aromatic carbocycles. The van der Waals surface area contributed by atoms with Crippen LogP contribution in [0, 0.1) is 17.8 Å². The summed E-state index contributed by atoms with van der Waals surface area (Å²) in [5.41, 5.74) is 5.17. The molecule has 2 fully saturated rings. The number of aliphatic hydroxyl groups excluding tert-OH is 1. The van der Waals surface area contributed by atoms with Crippen molar-refractivity contribution in [2.24, 2.45) is 5.92 Å². The van der Waals surface area contributed by atoms with Gasteiger partial charge in [-0.3, -0.25) is 4.79 Å². The fourth-order valence-corrected chi connectivity index (χ4v) is 5.25. The van der Waals surface area contributed by atoms with Crippen molar-refractivity contribution in [3.63, 3.8) is 0 Å². The van der Waals surface area contributed by atoms with Gasteiger partial charge in [-0.25, -0.2) is 9.97 Å². The first-order chi connectivity index (χ1) is 20.1. The minimum atomic E-state index is -0.205. The van der Waals surface area contributed by atoms with Gasteiger partial charge in [-0.05, 0) is 98.8 Å². The molecule has 2 saturated carbocycles. The normalized spacial score (nSPS) is 20.4. The number of rotatable bonds is 8. The van der Waals surface area contributed by atoms with Crippen molar-refractivity contribution in [3.05, 3.63) is 77.3 Å². The maximum atomic E-state index is 12.4. The van der Waals surface area contributed by atoms with Gasteiger partial charge >= 0.3 is 0 Å². The molecule has 0 amide bonds. The highest BCUT2D eigenvalue weighted by Crippen LogP contribution is 2.33. The number of carbonyl (C=O) groups excluding carboxylic acids is 1. The number of nitrogens with zero attached hydrogens (tertiary/aromatic N) is 3. The number of carbonyl (C=O) groups is 1. The number of ketones is 1. The third-order valence-corrected chi connectivity index (χ3v) is 7.86. The van der Waals surface area contributed by atoms with E-state index in [0.717, 1.165) is 67.6 Å². The summed E-state index contributed by atoms with van der Waals surface area (Å²) in [6, 6.07) is 11.6. The number of aliphatic hydroxyl groups is 1. The summed E-state index contributed by atoms with van der Waals surface area (Å²) in [4.78, 5) is 26.2. The Morgan fingerprint density at radius 3 is 2.61 bits per heavy atom. The van der Waals surface area contributed by atoms with Gasteiger partial charge in [0.15, 0.2) is 5.78 Å². The van der Waals surface area contributed by atoms with Gasteiger partial charge in [0.25, 0.3) is 0 Å². The van der Waals surface area contributed by atoms with Crippen LogP contribution < -0.4 is 10.6 Å². The number of nitrogens with one attached hydrogen (secondary N) is 2. The molecule has 2 aliphatic carbocycles. The first-order valence-electron chi connectivity index (χ1n) is 14.6. The number of hydrogen-bond acceptors (Lipinski definition) is 8. The summed E-state index contributed by atoms with van der Waals surface area (Å²) in [5, 5.41) is 16.9. The molecular weight excluding hydrogens is 514 g/mol. The van der Waals surface area contributed by atoms with Crippen LogP contribution in [0.4, 0.5) is 17.5 Å². The van der Waals surface area contributed by atoms with E-state index >= 15 is 0 Å². The molecule has 0 radical (unpaired) electrons. The Morgan fingerprint density at radius 1 is 1.02 bits per heavy atom. The second kappa shape index (κ2) is 12.6. The fraction of sp³-hybridized carbons (Fsp3) is 0.394. The first kappa shape index (κ1) is 27.1. The lowest BCUT2D eigenvalue weighted by Crippen LogP contribution is -2.29. The van der Waals surface area contributed by atoms with E-state index in [1.807, 2.05) is 30.5 Å². The topological polar surface area (TPSA) is 109 Å². The smallest absolute Gasteiger partial charge is 0.229 e. The lowest BCUT2D eigenvalue weighted by atomic mass is 9.93. The third-order valence-electron chi connectivity index (χ3n) is 7.86. The summed E-state index contributed by atoms with van der Waals surface area (Å²) in [5.74, 6) is 8.28. The van der Waals surface area contributed by atoms with E-state index in [1.54, 1.807) is 18.3 Å². The average molecular weight is 550 g/mol. The predicted octanol–water partition coefficient (Wildman–Crippen LogP) is 5.52. The van der Waals surface area contributed by atoms with Gasteiger partial charge in [0, 0.05) is 47.2 Å². The number of anilines is 3. The summed E-state index contributed by atoms with van der Waals surface area (Å²) in [6.45, 7) is 1.29. The van der Waals surface area contributed by atoms with E-state index in [2.05, 4.69) is 38.5 Å². The molecule has 210 valence electrons. The fourth-order valence-electron chi connectivity index (χ4n) is 5.25. The zero-order valence-corrected chi connectivity index (χ0v) is 23.1. The Morgan fingerprint density at radius 2 is 1.85 bits per heavy atom. The molecule has 3 N–H and O–H groups in total. The molecular formula is C33H35N5O3. The lowest BCUT2D eigenvalue weighted by Gasteiger charge is -2.28. The van der Waals surface area contributed by atoms with Crippen LogP contribution in [-0.4, -0.2) is 51.2 Å². The van der Waals surface area contributed by atoms with Gasteiger partial charge in [-0.1, -0.05) is 12.0 Å². The largest absolute Gasteiger partial charge is 0.393 e. The van der Waals surface area contributed by atoms with Gasteiger partial charge in [-0.2, -0.15) is 4.98 Å². The Kier molecular flexibility index (Phi) is 8.36. The highest BCUT2D eigenvalue weighted by molar-refractivity contribution is 5.96. The molecule has 0 saturated heterocycles. The second-order valence-electron chi connectivity index (χ2n) is 11.1. The number of hydrogen-bond donors (Lipinski definition) is 3. The standard InChI is InChI=1S/C33H35N5O3/c39-29-11-9-26(10-12-29)36-32-30(24-14-17-41-18-15-24)21-35-33(38-32)37-27-6-3-22(4-7-27)5-8-28-20-25(13-16-34-28)31(40)19-23-1-2-23/h3-4,6-7,13-14,16,20-21,23,26,29,39H,1-2,9-12,15,17-19H2,(H2,35,36,37,38). The van der Waals surface area contributed by atoms with Gasteiger partial charge in [-0.15, -0.1) is 0 Å². The van der Waals surface area contributed by atoms with Crippen molar-refractivity contribution in [1.82, 2.24) is 15.0 Å². The van der Waals surface area contributed by atoms with Crippen molar-refractivity contribution in [2.75, 3.05) is 23.8 Å². The number of Topliss-reactive ketones (excluding diaryl/α,β-unsaturated/α-hetero) is 1. The maximum Gasteiger partial charge on any atom is 0.229 e. The zero-order valence-electron chi connectivity index (χ0n) is 23.1. The minimum absolute atomic E-state index is 0.170. The monoisotopic (exact) mass is 549 g/mol. The molecule has 3 aromatic rings. The van der Waals surface area contributed by atoms with Gasteiger partial charge in [0.05, 0.1) is 19.3 Å². The van der Waals surface area contributed by atoms with Crippen LogP contribution >= 0.6 is 0 Å². The number of pyridine rings is 1. The molecule has 6 rings (SSSR count). The highest BCUT2D eigenvalue weighted by Gasteiger charge is 2.25. The Balaban J connectivity index is 1.14. The Bertz CT molecular complexity index is 1480. The van der Waals surface area contributed by atoms with Gasteiger partial charge in [0.1, 0.15) is 11.5 Å². The summed E-state index contributed by atoms with van der Waals surface area (Å²) in [7, 11) is 0. The SMILES string of the molecule is O=C(CC1CC1)c1ccnc(C#Cc2ccc(Nc3ncc(C4=CCOCC4)c(NC4CCC(O)CC4)n3)cc2)c1. The van der Waals surface area contributed by atoms with Crippen LogP contribution in [-0.2, 0) is 4.74 Å². The average Bonchev–Trinajstić information content (AvgIpc) is 3.83. The molecule has 0 bridgehead atoms. The molecule has 0 spiro atoms. The summed E-state index contributed by atoms with van der Waals surface area (Å²) in [6.07, 6.45) is 12.6. The molecule has 0 unspecified atom stereocenters. The van der Waals surface area contributed by atoms with Gasteiger partial charge < -0.3 is 20.5 Å². The third kappa shape index (κ3) is 7.37. The molecule has 41 heavy (non-hydrogen) atoms. The van der Waals surface area contributed by atoms with Crippen LogP contribution in [0.15, 0.2) is 54.9 Å². The minimum Gasteiger partial charge on any atom is -0.393 e. The lowest BCUT2D eigenvalue weighted by molar-refractivity contribution is 0.0976. The molecule has 3 heterocycles. The van der Waals surface area contributed by atoms with E-state index in [-0.39, 0.29) is 17.9 Å². The Labute approximate surface area is 240 Å². The molecule has 2 aromatic heterocycles. The summed E-state index contributed by atoms with van der Waals surface area (Å²) >= 11 is 0. The van der Waals surface area contributed by atoms with Crippen molar-refractivity contribution in [1.29, 1.82) is 0 Å².